The number of benzene rings is 3. The number of carbonyl (C=O) groups excluding carboxylic acids is 2. The maximum absolute atomic E-state index is 12.8. The van der Waals surface area contributed by atoms with E-state index >= 15 is 0 Å². The summed E-state index contributed by atoms with van der Waals surface area (Å²) in [5.74, 6) is -0.843. The number of carbonyl (C=O) groups is 2. The zero-order chi connectivity index (χ0) is 23.0. The van der Waals surface area contributed by atoms with Crippen LogP contribution in [0, 0.1) is 0 Å². The van der Waals surface area contributed by atoms with Gasteiger partial charge in [0.05, 0.1) is 20.3 Å². The van der Waals surface area contributed by atoms with Crippen molar-refractivity contribution < 1.29 is 19.1 Å². The number of esters is 1. The van der Waals surface area contributed by atoms with E-state index in [1.165, 1.54) is 12.7 Å². The lowest BCUT2D eigenvalue weighted by molar-refractivity contribution is -0.143. The van der Waals surface area contributed by atoms with Crippen molar-refractivity contribution in [2.24, 2.45) is 0 Å². The normalized spacial score (nSPS) is 14.9. The van der Waals surface area contributed by atoms with Gasteiger partial charge in [-0.05, 0) is 34.4 Å². The third-order valence-electron chi connectivity index (χ3n) is 5.79. The first-order valence-corrected chi connectivity index (χ1v) is 11.1. The molecule has 1 heterocycles. The van der Waals surface area contributed by atoms with Gasteiger partial charge < -0.3 is 14.8 Å². The molecule has 4 rings (SSSR count). The maximum Gasteiger partial charge on any atom is 0.333 e. The SMILES string of the molecule is COC(=O)C(NC(=O)c1ccc(-c2ccc(CN3CCOCC3)cc2)cc1)c1ccccc1. The first-order chi connectivity index (χ1) is 16.1. The predicted molar refractivity (Wildman–Crippen MR) is 127 cm³/mol. The predicted octanol–water partition coefficient (Wildman–Crippen LogP) is 3.83. The summed E-state index contributed by atoms with van der Waals surface area (Å²) in [7, 11) is 1.31. The van der Waals surface area contributed by atoms with Gasteiger partial charge in [-0.25, -0.2) is 4.79 Å². The molecule has 1 amide bonds. The summed E-state index contributed by atoms with van der Waals surface area (Å²) in [6.45, 7) is 4.44. The summed E-state index contributed by atoms with van der Waals surface area (Å²) < 4.78 is 10.3. The van der Waals surface area contributed by atoms with Crippen LogP contribution in [0.3, 0.4) is 0 Å². The number of rotatable bonds is 7. The summed E-state index contributed by atoms with van der Waals surface area (Å²) in [4.78, 5) is 27.4. The Morgan fingerprint density at radius 1 is 0.909 bits per heavy atom. The third kappa shape index (κ3) is 5.86. The zero-order valence-electron chi connectivity index (χ0n) is 18.7. The van der Waals surface area contributed by atoms with Crippen LogP contribution in [0.2, 0.25) is 0 Å². The summed E-state index contributed by atoms with van der Waals surface area (Å²) in [5.41, 5.74) is 4.53. The molecule has 170 valence electrons. The van der Waals surface area contributed by atoms with Gasteiger partial charge in [0.1, 0.15) is 0 Å². The quantitative estimate of drug-likeness (QED) is 0.561. The number of morpholine rings is 1. The number of nitrogens with zero attached hydrogens (tertiary/aromatic N) is 1. The first kappa shape index (κ1) is 22.7. The second kappa shape index (κ2) is 10.9. The Hall–Kier alpha value is -3.48. The Morgan fingerprint density at radius 3 is 2.12 bits per heavy atom. The molecule has 1 atom stereocenters. The van der Waals surface area contributed by atoms with E-state index in [1.54, 1.807) is 24.3 Å². The molecule has 1 unspecified atom stereocenters. The van der Waals surface area contributed by atoms with Gasteiger partial charge >= 0.3 is 5.97 Å². The third-order valence-corrected chi connectivity index (χ3v) is 5.79. The molecule has 0 saturated carbocycles. The van der Waals surface area contributed by atoms with Crippen molar-refractivity contribution in [1.82, 2.24) is 10.2 Å². The average molecular weight is 445 g/mol. The number of nitrogens with one attached hydrogen (secondary N) is 1. The van der Waals surface area contributed by atoms with Gasteiger partial charge in [0.2, 0.25) is 0 Å². The number of ether oxygens (including phenoxy) is 2. The zero-order valence-corrected chi connectivity index (χ0v) is 18.7. The van der Waals surface area contributed by atoms with Crippen molar-refractivity contribution in [3.05, 3.63) is 95.6 Å². The summed E-state index contributed by atoms with van der Waals surface area (Å²) in [5, 5.41) is 2.78. The standard InChI is InChI=1S/C27H28N2O4/c1-32-27(31)25(23-5-3-2-4-6-23)28-26(30)24-13-11-22(12-14-24)21-9-7-20(8-10-21)19-29-15-17-33-18-16-29/h2-14,25H,15-19H2,1H3,(H,28,30). The van der Waals surface area contributed by atoms with E-state index in [2.05, 4.69) is 34.5 Å². The minimum absolute atomic E-state index is 0.332. The molecule has 33 heavy (non-hydrogen) atoms. The Labute approximate surface area is 194 Å². The lowest BCUT2D eigenvalue weighted by atomic mass is 10.0. The second-order valence-electron chi connectivity index (χ2n) is 8.00. The fourth-order valence-corrected chi connectivity index (χ4v) is 3.89. The Morgan fingerprint density at radius 2 is 1.52 bits per heavy atom. The molecule has 1 aliphatic heterocycles. The fraction of sp³-hybridized carbons (Fsp3) is 0.259. The van der Waals surface area contributed by atoms with Crippen molar-refractivity contribution in [2.45, 2.75) is 12.6 Å². The monoisotopic (exact) mass is 444 g/mol. The van der Waals surface area contributed by atoms with E-state index in [4.69, 9.17) is 9.47 Å². The molecule has 6 nitrogen and oxygen atoms in total. The smallest absolute Gasteiger partial charge is 0.333 e. The highest BCUT2D eigenvalue weighted by Crippen LogP contribution is 2.22. The van der Waals surface area contributed by atoms with E-state index in [1.807, 2.05) is 30.3 Å². The number of methoxy groups -OCH3 is 1. The summed E-state index contributed by atoms with van der Waals surface area (Å²) in [6.07, 6.45) is 0. The van der Waals surface area contributed by atoms with Crippen LogP contribution in [0.5, 0.6) is 0 Å². The van der Waals surface area contributed by atoms with Gasteiger partial charge in [0.25, 0.3) is 5.91 Å². The van der Waals surface area contributed by atoms with E-state index in [-0.39, 0.29) is 5.91 Å². The van der Waals surface area contributed by atoms with Crippen LogP contribution in [0.4, 0.5) is 0 Å². The Kier molecular flexibility index (Phi) is 7.50. The van der Waals surface area contributed by atoms with Crippen molar-refractivity contribution in [3.63, 3.8) is 0 Å². The van der Waals surface area contributed by atoms with Crippen molar-refractivity contribution >= 4 is 11.9 Å². The molecule has 1 fully saturated rings. The summed E-state index contributed by atoms with van der Waals surface area (Å²) >= 11 is 0. The molecule has 3 aromatic carbocycles. The van der Waals surface area contributed by atoms with Crippen LogP contribution in [-0.2, 0) is 20.8 Å². The summed E-state index contributed by atoms with van der Waals surface area (Å²) in [6, 6.07) is 24.1. The highest BCUT2D eigenvalue weighted by Gasteiger charge is 2.24. The number of amides is 1. The van der Waals surface area contributed by atoms with Gasteiger partial charge in [-0.1, -0.05) is 66.7 Å². The lowest BCUT2D eigenvalue weighted by Gasteiger charge is -2.26. The van der Waals surface area contributed by atoms with Crippen LogP contribution < -0.4 is 5.32 Å². The second-order valence-corrected chi connectivity index (χ2v) is 8.00. The number of hydrogen-bond donors (Lipinski definition) is 1. The molecule has 6 heteroatoms. The van der Waals surface area contributed by atoms with Gasteiger partial charge in [0, 0.05) is 25.2 Å². The molecular formula is C27H28N2O4. The van der Waals surface area contributed by atoms with Crippen LogP contribution in [-0.4, -0.2) is 50.2 Å². The Balaban J connectivity index is 1.41. The molecule has 0 aromatic heterocycles. The number of hydrogen-bond acceptors (Lipinski definition) is 5. The molecule has 0 aliphatic carbocycles. The van der Waals surface area contributed by atoms with Gasteiger partial charge in [0.15, 0.2) is 6.04 Å². The molecule has 0 bridgehead atoms. The Bertz CT molecular complexity index is 1060. The lowest BCUT2D eigenvalue weighted by Crippen LogP contribution is -2.35. The highest BCUT2D eigenvalue weighted by molar-refractivity contribution is 5.97. The molecule has 1 aliphatic rings. The average Bonchev–Trinajstić information content (AvgIpc) is 2.88. The first-order valence-electron chi connectivity index (χ1n) is 11.1. The van der Waals surface area contributed by atoms with Crippen molar-refractivity contribution in [2.75, 3.05) is 33.4 Å². The molecule has 0 spiro atoms. The van der Waals surface area contributed by atoms with Crippen LogP contribution in [0.15, 0.2) is 78.9 Å². The largest absolute Gasteiger partial charge is 0.467 e. The molecule has 0 radical (unpaired) electrons. The van der Waals surface area contributed by atoms with Crippen LogP contribution in [0.25, 0.3) is 11.1 Å². The van der Waals surface area contributed by atoms with Crippen LogP contribution >= 0.6 is 0 Å². The van der Waals surface area contributed by atoms with E-state index in [0.717, 1.165) is 44.0 Å². The van der Waals surface area contributed by atoms with Gasteiger partial charge in [-0.2, -0.15) is 0 Å². The van der Waals surface area contributed by atoms with E-state index in [9.17, 15) is 9.59 Å². The topological polar surface area (TPSA) is 67.9 Å². The fourth-order valence-electron chi connectivity index (χ4n) is 3.89. The van der Waals surface area contributed by atoms with E-state index in [0.29, 0.717) is 11.1 Å². The van der Waals surface area contributed by atoms with Crippen molar-refractivity contribution in [3.8, 4) is 11.1 Å². The minimum Gasteiger partial charge on any atom is -0.467 e. The minimum atomic E-state index is -0.859. The highest BCUT2D eigenvalue weighted by atomic mass is 16.5. The van der Waals surface area contributed by atoms with E-state index < -0.39 is 12.0 Å². The maximum atomic E-state index is 12.8. The molecule has 1 saturated heterocycles. The van der Waals surface area contributed by atoms with Crippen molar-refractivity contribution in [1.29, 1.82) is 0 Å². The van der Waals surface area contributed by atoms with Gasteiger partial charge in [-0.3, -0.25) is 9.69 Å². The molecular weight excluding hydrogens is 416 g/mol. The molecule has 1 N–H and O–H groups in total. The molecule has 3 aromatic rings. The van der Waals surface area contributed by atoms with Gasteiger partial charge in [-0.15, -0.1) is 0 Å². The van der Waals surface area contributed by atoms with Crippen LogP contribution in [0.1, 0.15) is 27.5 Å².